The highest BCUT2D eigenvalue weighted by Gasteiger charge is 2.20. The van der Waals surface area contributed by atoms with E-state index in [9.17, 15) is 5.11 Å². The fraction of sp³-hybridized carbons (Fsp3) is 0.529. The molecular weight excluding hydrogens is 264 g/mol. The Hall–Kier alpha value is -1.36. The Balaban J connectivity index is 1.85. The highest BCUT2D eigenvalue weighted by Crippen LogP contribution is 2.21. The average Bonchev–Trinajstić information content (AvgIpc) is 2.48. The van der Waals surface area contributed by atoms with Gasteiger partial charge in [0.05, 0.1) is 0 Å². The third kappa shape index (κ3) is 5.16. The molecule has 4 nitrogen and oxygen atoms in total. The zero-order valence-electron chi connectivity index (χ0n) is 13.0. The maximum absolute atomic E-state index is 10.2. The van der Waals surface area contributed by atoms with E-state index in [4.69, 9.17) is 4.74 Å². The number of allylic oxidation sites excluding steroid dienone is 1. The van der Waals surface area contributed by atoms with E-state index >= 15 is 0 Å². The first-order chi connectivity index (χ1) is 10.2. The van der Waals surface area contributed by atoms with Crippen molar-refractivity contribution in [1.29, 1.82) is 0 Å². The molecule has 1 aliphatic rings. The average molecular weight is 292 g/mol. The molecule has 4 heteroatoms. The lowest BCUT2D eigenvalue weighted by Crippen LogP contribution is -3.21. The summed E-state index contributed by atoms with van der Waals surface area (Å²) >= 11 is 0. The van der Waals surface area contributed by atoms with Gasteiger partial charge in [0.1, 0.15) is 51.2 Å². The number of nitrogens with two attached hydrogens (primary N) is 1. The number of aryl methyl sites for hydroxylation is 1. The van der Waals surface area contributed by atoms with Gasteiger partial charge < -0.3 is 20.1 Å². The molecule has 21 heavy (non-hydrogen) atoms. The fourth-order valence-corrected chi connectivity index (χ4v) is 2.83. The normalized spacial score (nSPS) is 17.4. The van der Waals surface area contributed by atoms with Crippen molar-refractivity contribution in [2.45, 2.75) is 19.4 Å². The van der Waals surface area contributed by atoms with Crippen molar-refractivity contribution in [3.05, 3.63) is 42.0 Å². The summed E-state index contributed by atoms with van der Waals surface area (Å²) in [6, 6.07) is 6.15. The molecule has 4 N–H and O–H groups in total. The molecule has 0 spiro atoms. The molecule has 1 aromatic carbocycles. The van der Waals surface area contributed by atoms with Crippen molar-refractivity contribution >= 4 is 0 Å². The van der Waals surface area contributed by atoms with Gasteiger partial charge in [-0.3, -0.25) is 0 Å². The lowest BCUT2D eigenvalue weighted by Gasteiger charge is -2.24. The maximum Gasteiger partial charge on any atom is 0.137 e. The highest BCUT2D eigenvalue weighted by atomic mass is 16.5. The van der Waals surface area contributed by atoms with E-state index in [1.165, 1.54) is 10.5 Å². The van der Waals surface area contributed by atoms with Gasteiger partial charge in [0, 0.05) is 0 Å². The van der Waals surface area contributed by atoms with Crippen LogP contribution in [0.3, 0.4) is 0 Å². The van der Waals surface area contributed by atoms with Gasteiger partial charge in [-0.2, -0.15) is 0 Å². The molecule has 0 bridgehead atoms. The smallest absolute Gasteiger partial charge is 0.137 e. The van der Waals surface area contributed by atoms with Gasteiger partial charge in [-0.05, 0) is 25.0 Å². The number of quaternary nitrogens is 2. The largest absolute Gasteiger partial charge is 0.490 e. The summed E-state index contributed by atoms with van der Waals surface area (Å²) in [7, 11) is 0. The second-order valence-electron chi connectivity index (χ2n) is 5.89. The Kier molecular flexibility index (Phi) is 6.23. The number of aliphatic hydroxyl groups excluding tert-OH is 1. The molecule has 1 saturated heterocycles. The van der Waals surface area contributed by atoms with Crippen LogP contribution in [0.4, 0.5) is 0 Å². The predicted molar refractivity (Wildman–Crippen MR) is 83.8 cm³/mol. The number of rotatable bonds is 7. The van der Waals surface area contributed by atoms with Crippen LogP contribution in [0.5, 0.6) is 5.75 Å². The first-order valence-corrected chi connectivity index (χ1v) is 7.85. The molecule has 1 aromatic rings. The van der Waals surface area contributed by atoms with Crippen LogP contribution in [-0.4, -0.2) is 50.5 Å². The van der Waals surface area contributed by atoms with Gasteiger partial charge in [-0.25, -0.2) is 0 Å². The van der Waals surface area contributed by atoms with Crippen LogP contribution in [0.25, 0.3) is 0 Å². The van der Waals surface area contributed by atoms with Crippen molar-refractivity contribution < 1.29 is 20.1 Å². The minimum atomic E-state index is -0.406. The standard InChI is InChI=1S/C17H26N2O2/c1-3-4-15-11-14(2)5-6-17(15)21-13-16(20)12-19-9-7-18-8-10-19/h3,5-6,11,16,18,20H,1,4,7-10,12-13H2,2H3/p+2/t16-/m1/s1. The highest BCUT2D eigenvalue weighted by molar-refractivity contribution is 5.38. The zero-order chi connectivity index (χ0) is 15.1. The Morgan fingerprint density at radius 1 is 1.43 bits per heavy atom. The number of ether oxygens (including phenoxy) is 1. The number of hydrogen-bond acceptors (Lipinski definition) is 2. The van der Waals surface area contributed by atoms with Gasteiger partial charge in [0.25, 0.3) is 0 Å². The fourth-order valence-electron chi connectivity index (χ4n) is 2.83. The Bertz CT molecular complexity index is 456. The molecule has 1 fully saturated rings. The molecule has 0 aromatic heterocycles. The summed E-state index contributed by atoms with van der Waals surface area (Å²) in [5.74, 6) is 0.863. The summed E-state index contributed by atoms with van der Waals surface area (Å²) in [4.78, 5) is 1.48. The molecule has 0 saturated carbocycles. The summed E-state index contributed by atoms with van der Waals surface area (Å²) in [5.41, 5.74) is 2.35. The molecule has 0 amide bonds. The SMILES string of the molecule is C=CCc1cc(C)ccc1OC[C@H](O)C[NH+]1CC[NH2+]CC1. The van der Waals surface area contributed by atoms with Gasteiger partial charge in [-0.15, -0.1) is 6.58 Å². The Labute approximate surface area is 127 Å². The maximum atomic E-state index is 10.2. The van der Waals surface area contributed by atoms with E-state index in [0.29, 0.717) is 6.61 Å². The second kappa shape index (κ2) is 8.17. The van der Waals surface area contributed by atoms with E-state index in [0.717, 1.165) is 50.5 Å². The van der Waals surface area contributed by atoms with Crippen molar-refractivity contribution in [3.8, 4) is 5.75 Å². The summed E-state index contributed by atoms with van der Waals surface area (Å²) in [5, 5.41) is 12.5. The summed E-state index contributed by atoms with van der Waals surface area (Å²) in [6.45, 7) is 11.6. The molecule has 0 aliphatic carbocycles. The van der Waals surface area contributed by atoms with E-state index in [1.807, 2.05) is 18.2 Å². The van der Waals surface area contributed by atoms with Gasteiger partial charge in [-0.1, -0.05) is 23.8 Å². The quantitative estimate of drug-likeness (QED) is 0.560. The second-order valence-corrected chi connectivity index (χ2v) is 5.89. The number of piperazine rings is 1. The van der Waals surface area contributed by atoms with Crippen molar-refractivity contribution in [1.82, 2.24) is 0 Å². The van der Waals surface area contributed by atoms with Crippen LogP contribution in [0.1, 0.15) is 11.1 Å². The molecule has 1 atom stereocenters. The van der Waals surface area contributed by atoms with Crippen molar-refractivity contribution in [2.24, 2.45) is 0 Å². The van der Waals surface area contributed by atoms with Crippen molar-refractivity contribution in [3.63, 3.8) is 0 Å². The van der Waals surface area contributed by atoms with E-state index in [-0.39, 0.29) is 0 Å². The van der Waals surface area contributed by atoms with Gasteiger partial charge in [0.15, 0.2) is 0 Å². The summed E-state index contributed by atoms with van der Waals surface area (Å²) < 4.78 is 5.83. The minimum Gasteiger partial charge on any atom is -0.490 e. The third-order valence-corrected chi connectivity index (χ3v) is 3.94. The monoisotopic (exact) mass is 292 g/mol. The summed E-state index contributed by atoms with van der Waals surface area (Å²) in [6.07, 6.45) is 2.27. The first-order valence-electron chi connectivity index (χ1n) is 7.85. The molecule has 116 valence electrons. The van der Waals surface area contributed by atoms with Crippen LogP contribution in [0, 0.1) is 6.92 Å². The molecule has 2 rings (SSSR count). The molecule has 0 unspecified atom stereocenters. The van der Waals surface area contributed by atoms with Crippen LogP contribution in [0.15, 0.2) is 30.9 Å². The van der Waals surface area contributed by atoms with E-state index in [2.05, 4.69) is 24.9 Å². The number of hydrogen-bond donors (Lipinski definition) is 3. The van der Waals surface area contributed by atoms with Crippen LogP contribution in [-0.2, 0) is 6.42 Å². The van der Waals surface area contributed by atoms with Crippen LogP contribution in [0.2, 0.25) is 0 Å². The zero-order valence-corrected chi connectivity index (χ0v) is 13.0. The predicted octanol–water partition coefficient (Wildman–Crippen LogP) is -1.07. The molecule has 1 heterocycles. The number of benzene rings is 1. The Morgan fingerprint density at radius 3 is 2.90 bits per heavy atom. The van der Waals surface area contributed by atoms with Gasteiger partial charge in [0.2, 0.25) is 0 Å². The lowest BCUT2D eigenvalue weighted by atomic mass is 10.1. The van der Waals surface area contributed by atoms with Crippen LogP contribution >= 0.6 is 0 Å². The molecular formula is C17H28N2O2+2. The molecule has 0 radical (unpaired) electrons. The van der Waals surface area contributed by atoms with E-state index < -0.39 is 6.10 Å². The van der Waals surface area contributed by atoms with Crippen molar-refractivity contribution in [2.75, 3.05) is 39.3 Å². The number of nitrogens with one attached hydrogen (secondary N) is 1. The minimum absolute atomic E-state index is 0.362. The van der Waals surface area contributed by atoms with E-state index in [1.54, 1.807) is 0 Å². The van der Waals surface area contributed by atoms with Crippen LogP contribution < -0.4 is 15.0 Å². The number of aliphatic hydroxyl groups is 1. The third-order valence-electron chi connectivity index (χ3n) is 3.94. The first kappa shape index (κ1) is 16.0. The molecule has 1 aliphatic heterocycles. The Morgan fingerprint density at radius 2 is 2.19 bits per heavy atom. The lowest BCUT2D eigenvalue weighted by molar-refractivity contribution is -0.949. The topological polar surface area (TPSA) is 50.5 Å². The van der Waals surface area contributed by atoms with Gasteiger partial charge >= 0.3 is 0 Å².